The highest BCUT2D eigenvalue weighted by Crippen LogP contribution is 2.58. The van der Waals surface area contributed by atoms with E-state index >= 15 is 0 Å². The Morgan fingerprint density at radius 3 is 1.13 bits per heavy atom. The number of carboxylic acid groups (broad SMARTS) is 1. The fourth-order valence-electron chi connectivity index (χ4n) is 1.63. The van der Waals surface area contributed by atoms with Gasteiger partial charge in [0.1, 0.15) is 0 Å². The van der Waals surface area contributed by atoms with Gasteiger partial charge >= 0.3 is 35.6 Å². The van der Waals surface area contributed by atoms with Crippen LogP contribution in [0.15, 0.2) is 12.7 Å². The van der Waals surface area contributed by atoms with Gasteiger partial charge in [-0.15, -0.1) is 0 Å². The second-order valence-electron chi connectivity index (χ2n) is 5.76. The van der Waals surface area contributed by atoms with Crippen LogP contribution in [0.25, 0.3) is 0 Å². The minimum atomic E-state index is -7.32. The monoisotopic (exact) mass is 472 g/mol. The van der Waals surface area contributed by atoms with Gasteiger partial charge < -0.3 is 25.5 Å². The Morgan fingerprint density at radius 2 is 0.967 bits per heavy atom. The van der Waals surface area contributed by atoms with Gasteiger partial charge in [0.2, 0.25) is 0 Å². The average molecular weight is 472 g/mol. The zero-order valence-electron chi connectivity index (χ0n) is 14.7. The number of rotatable bonds is 11. The fourth-order valence-corrected chi connectivity index (χ4v) is 1.63. The molecular weight excluding hydrogens is 454 g/mol. The summed E-state index contributed by atoms with van der Waals surface area (Å²) in [6, 6.07) is 0. The lowest BCUT2D eigenvalue weighted by atomic mass is 9.90. The van der Waals surface area contributed by atoms with E-state index in [0.717, 1.165) is 6.08 Å². The quantitative estimate of drug-likeness (QED) is 0.232. The molecule has 0 amide bonds. The standard InChI is InChI=1S/C11H14F10O4.C3H4O2/c12-7(13,1-5(24)3-22)9(16,17)11(20,21)10(18,19)8(14,15)2-6(25)4-23;1-2-3(4)5/h5-6,22-25H,1-4H2;2H,1H2,(H,4,5). The maximum absolute atomic E-state index is 13.3. The van der Waals surface area contributed by atoms with Crippen molar-refractivity contribution in [3.05, 3.63) is 12.7 Å². The summed E-state index contributed by atoms with van der Waals surface area (Å²) < 4.78 is 133. The Balaban J connectivity index is 0. The lowest BCUT2D eigenvalue weighted by molar-refractivity contribution is -0.405. The van der Waals surface area contributed by atoms with Gasteiger partial charge in [0, 0.05) is 18.9 Å². The predicted molar refractivity (Wildman–Crippen MR) is 78.0 cm³/mol. The smallest absolute Gasteiger partial charge is 0.384 e. The van der Waals surface area contributed by atoms with Crippen LogP contribution in [0.2, 0.25) is 0 Å². The molecule has 0 aromatic heterocycles. The summed E-state index contributed by atoms with van der Waals surface area (Å²) in [5.41, 5.74) is 0. The molecule has 0 saturated carbocycles. The number of hydrogen-bond acceptors (Lipinski definition) is 5. The first kappa shape index (κ1) is 30.5. The number of halogens is 10. The first-order valence-electron chi connectivity index (χ1n) is 7.50. The van der Waals surface area contributed by atoms with Gasteiger partial charge in [-0.1, -0.05) is 6.58 Å². The van der Waals surface area contributed by atoms with E-state index in [0.29, 0.717) is 0 Å². The molecule has 0 spiro atoms. The van der Waals surface area contributed by atoms with Gasteiger partial charge in [-0.05, 0) is 0 Å². The maximum atomic E-state index is 13.3. The van der Waals surface area contributed by atoms with Crippen molar-refractivity contribution >= 4 is 5.97 Å². The number of aliphatic carboxylic acids is 1. The second-order valence-corrected chi connectivity index (χ2v) is 5.76. The Kier molecular flexibility index (Phi) is 10.8. The highest BCUT2D eigenvalue weighted by atomic mass is 19.4. The van der Waals surface area contributed by atoms with Crippen LogP contribution in [0.3, 0.4) is 0 Å². The lowest BCUT2D eigenvalue weighted by Gasteiger charge is -2.40. The normalized spacial score (nSPS) is 15.7. The van der Waals surface area contributed by atoms with Crippen LogP contribution < -0.4 is 0 Å². The van der Waals surface area contributed by atoms with Crippen LogP contribution in [0.5, 0.6) is 0 Å². The molecule has 0 fully saturated rings. The first-order valence-corrected chi connectivity index (χ1v) is 7.50. The number of carbonyl (C=O) groups is 1. The molecule has 0 aliphatic heterocycles. The Bertz CT molecular complexity index is 531. The number of carboxylic acids is 1. The number of aliphatic hydroxyl groups is 4. The molecule has 2 unspecified atom stereocenters. The van der Waals surface area contributed by atoms with E-state index in [-0.39, 0.29) is 0 Å². The third-order valence-corrected chi connectivity index (χ3v) is 3.29. The molecule has 0 aromatic carbocycles. The zero-order chi connectivity index (χ0) is 24.8. The highest BCUT2D eigenvalue weighted by molar-refractivity contribution is 5.78. The fraction of sp³-hybridized carbons (Fsp3) is 0.786. The highest BCUT2D eigenvalue weighted by Gasteiger charge is 2.85. The van der Waals surface area contributed by atoms with E-state index in [1.54, 1.807) is 0 Å². The molecule has 5 N–H and O–H groups in total. The van der Waals surface area contributed by atoms with Crippen molar-refractivity contribution in [2.45, 2.75) is 54.7 Å². The number of aliphatic hydroxyl groups excluding tert-OH is 4. The van der Waals surface area contributed by atoms with Crippen LogP contribution in [0.4, 0.5) is 43.9 Å². The Labute approximate surface area is 162 Å². The lowest BCUT2D eigenvalue weighted by Crippen LogP contribution is -2.68. The summed E-state index contributed by atoms with van der Waals surface area (Å²) in [7, 11) is 0. The minimum absolute atomic E-state index is 0.833. The maximum Gasteiger partial charge on any atom is 0.384 e. The van der Waals surface area contributed by atoms with E-state index in [4.69, 9.17) is 25.5 Å². The molecule has 0 heterocycles. The molecule has 0 aromatic rings. The molecule has 180 valence electrons. The molecule has 6 nitrogen and oxygen atoms in total. The SMILES string of the molecule is C=CC(=O)O.OCC(O)CC(F)(F)C(F)(F)C(F)(F)C(F)(F)C(F)(F)CC(O)CO. The van der Waals surface area contributed by atoms with Crippen molar-refractivity contribution in [3.8, 4) is 0 Å². The van der Waals surface area contributed by atoms with Crippen LogP contribution >= 0.6 is 0 Å². The molecule has 0 saturated heterocycles. The molecule has 0 aliphatic rings. The summed E-state index contributed by atoms with van der Waals surface area (Å²) in [5.74, 6) is -34.6. The largest absolute Gasteiger partial charge is 0.478 e. The van der Waals surface area contributed by atoms with Crippen molar-refractivity contribution in [2.75, 3.05) is 13.2 Å². The summed E-state index contributed by atoms with van der Waals surface area (Å²) in [4.78, 5) is 9.25. The molecule has 0 bridgehead atoms. The zero-order valence-corrected chi connectivity index (χ0v) is 14.7. The number of alkyl halides is 10. The van der Waals surface area contributed by atoms with Gasteiger partial charge in [-0.2, -0.15) is 43.9 Å². The number of hydrogen-bond donors (Lipinski definition) is 5. The minimum Gasteiger partial charge on any atom is -0.478 e. The molecule has 16 heteroatoms. The summed E-state index contributed by atoms with van der Waals surface area (Å²) in [6.45, 7) is -0.276. The Hall–Kier alpha value is -1.65. The summed E-state index contributed by atoms with van der Waals surface area (Å²) >= 11 is 0. The van der Waals surface area contributed by atoms with Crippen molar-refractivity contribution in [1.29, 1.82) is 0 Å². The molecule has 0 radical (unpaired) electrons. The van der Waals surface area contributed by atoms with E-state index < -0.39 is 73.8 Å². The van der Waals surface area contributed by atoms with Crippen molar-refractivity contribution in [2.24, 2.45) is 0 Å². The van der Waals surface area contributed by atoms with Gasteiger partial charge in [0.15, 0.2) is 0 Å². The third kappa shape index (κ3) is 6.68. The molecule has 0 aliphatic carbocycles. The van der Waals surface area contributed by atoms with E-state index in [1.165, 1.54) is 0 Å². The second kappa shape index (κ2) is 10.6. The van der Waals surface area contributed by atoms with E-state index in [2.05, 4.69) is 6.58 Å². The van der Waals surface area contributed by atoms with Crippen LogP contribution in [-0.4, -0.2) is 86.5 Å². The van der Waals surface area contributed by atoms with Crippen LogP contribution in [-0.2, 0) is 4.79 Å². The molecule has 2 atom stereocenters. The average Bonchev–Trinajstić information content (AvgIpc) is 2.60. The van der Waals surface area contributed by atoms with Gasteiger partial charge in [0.25, 0.3) is 0 Å². The summed E-state index contributed by atoms with van der Waals surface area (Å²) in [5, 5.41) is 41.4. The van der Waals surface area contributed by atoms with Crippen molar-refractivity contribution < 1.29 is 74.2 Å². The van der Waals surface area contributed by atoms with Gasteiger partial charge in [-0.25, -0.2) is 4.79 Å². The van der Waals surface area contributed by atoms with Crippen molar-refractivity contribution in [1.82, 2.24) is 0 Å². The van der Waals surface area contributed by atoms with Gasteiger partial charge in [0.05, 0.1) is 25.4 Å². The predicted octanol–water partition coefficient (Wildman–Crippen LogP) is 1.91. The van der Waals surface area contributed by atoms with Gasteiger partial charge in [-0.3, -0.25) is 0 Å². The molecule has 30 heavy (non-hydrogen) atoms. The van der Waals surface area contributed by atoms with Crippen molar-refractivity contribution in [3.63, 3.8) is 0 Å². The van der Waals surface area contributed by atoms with E-state index in [9.17, 15) is 48.7 Å². The van der Waals surface area contributed by atoms with E-state index in [1.807, 2.05) is 0 Å². The Morgan fingerprint density at radius 1 is 0.733 bits per heavy atom. The third-order valence-electron chi connectivity index (χ3n) is 3.29. The van der Waals surface area contributed by atoms with Crippen LogP contribution in [0.1, 0.15) is 12.8 Å². The first-order chi connectivity index (χ1) is 13.2. The molecular formula is C14H18F10O6. The molecule has 0 rings (SSSR count). The topological polar surface area (TPSA) is 118 Å². The summed E-state index contributed by atoms with van der Waals surface area (Å²) in [6.07, 6.45) is -9.84. The van der Waals surface area contributed by atoms with Crippen LogP contribution in [0, 0.1) is 0 Å².